The molecule has 0 aliphatic heterocycles. The lowest BCUT2D eigenvalue weighted by Crippen LogP contribution is -2.00. The van der Waals surface area contributed by atoms with E-state index in [0.29, 0.717) is 13.2 Å². The minimum absolute atomic E-state index is 0.0750. The summed E-state index contributed by atoms with van der Waals surface area (Å²) in [5, 5.41) is 19.3. The third-order valence-corrected chi connectivity index (χ3v) is 4.55. The molecular weight excluding hydrogens is 352 g/mol. The van der Waals surface area contributed by atoms with Gasteiger partial charge in [0.1, 0.15) is 29.6 Å². The van der Waals surface area contributed by atoms with Crippen LogP contribution in [0.15, 0.2) is 66.7 Å². The summed E-state index contributed by atoms with van der Waals surface area (Å²) < 4.78 is 11.7. The summed E-state index contributed by atoms with van der Waals surface area (Å²) >= 11 is 0. The SMILES string of the molecule is CCOc1cc(OCc2ccccc2)ccc1CCCc1ccc(O)cc1O. The summed E-state index contributed by atoms with van der Waals surface area (Å²) in [6.07, 6.45) is 2.42. The average molecular weight is 378 g/mol. The van der Waals surface area contributed by atoms with Crippen LogP contribution in [0.1, 0.15) is 30.0 Å². The van der Waals surface area contributed by atoms with Gasteiger partial charge in [-0.2, -0.15) is 0 Å². The van der Waals surface area contributed by atoms with Gasteiger partial charge in [0.05, 0.1) is 6.61 Å². The summed E-state index contributed by atoms with van der Waals surface area (Å²) in [4.78, 5) is 0. The number of ether oxygens (including phenoxy) is 2. The molecule has 0 saturated carbocycles. The molecule has 0 radical (unpaired) electrons. The van der Waals surface area contributed by atoms with Crippen molar-refractivity contribution < 1.29 is 19.7 Å². The van der Waals surface area contributed by atoms with Crippen LogP contribution in [0.25, 0.3) is 0 Å². The van der Waals surface area contributed by atoms with Crippen LogP contribution >= 0.6 is 0 Å². The Balaban J connectivity index is 1.61. The first-order chi connectivity index (χ1) is 13.7. The second-order valence-electron chi connectivity index (χ2n) is 6.64. The summed E-state index contributed by atoms with van der Waals surface area (Å²) in [5.41, 5.74) is 3.07. The maximum Gasteiger partial charge on any atom is 0.126 e. The Morgan fingerprint density at radius 2 is 1.54 bits per heavy atom. The van der Waals surface area contributed by atoms with Crippen LogP contribution in [-0.4, -0.2) is 16.8 Å². The lowest BCUT2D eigenvalue weighted by atomic mass is 10.0. The van der Waals surface area contributed by atoms with Crippen molar-refractivity contribution in [3.05, 3.63) is 83.4 Å². The van der Waals surface area contributed by atoms with Crippen LogP contribution in [0.5, 0.6) is 23.0 Å². The van der Waals surface area contributed by atoms with E-state index < -0.39 is 0 Å². The zero-order valence-electron chi connectivity index (χ0n) is 16.1. The Morgan fingerprint density at radius 3 is 2.29 bits per heavy atom. The maximum atomic E-state index is 9.92. The molecule has 0 saturated heterocycles. The standard InChI is InChI=1S/C24H26O4/c1-2-27-24-16-22(28-17-18-7-4-3-5-8-18)14-12-20(24)10-6-9-19-11-13-21(25)15-23(19)26/h3-5,7-8,11-16,25-26H,2,6,9-10,17H2,1H3. The van der Waals surface area contributed by atoms with E-state index in [2.05, 4.69) is 0 Å². The van der Waals surface area contributed by atoms with Gasteiger partial charge in [-0.15, -0.1) is 0 Å². The van der Waals surface area contributed by atoms with Crippen molar-refractivity contribution in [3.8, 4) is 23.0 Å². The smallest absolute Gasteiger partial charge is 0.126 e. The van der Waals surface area contributed by atoms with E-state index in [1.165, 1.54) is 6.07 Å². The molecule has 4 nitrogen and oxygen atoms in total. The molecule has 0 unspecified atom stereocenters. The maximum absolute atomic E-state index is 9.92. The topological polar surface area (TPSA) is 58.9 Å². The molecule has 4 heteroatoms. The third-order valence-electron chi connectivity index (χ3n) is 4.55. The van der Waals surface area contributed by atoms with Gasteiger partial charge in [-0.3, -0.25) is 0 Å². The summed E-state index contributed by atoms with van der Waals surface area (Å²) in [6, 6.07) is 20.8. The highest BCUT2D eigenvalue weighted by atomic mass is 16.5. The van der Waals surface area contributed by atoms with Gasteiger partial charge in [0.2, 0.25) is 0 Å². The number of benzene rings is 3. The van der Waals surface area contributed by atoms with Crippen molar-refractivity contribution in [3.63, 3.8) is 0 Å². The number of hydrogen-bond acceptors (Lipinski definition) is 4. The summed E-state index contributed by atoms with van der Waals surface area (Å²) in [6.45, 7) is 3.08. The predicted molar refractivity (Wildman–Crippen MR) is 110 cm³/mol. The number of rotatable bonds is 9. The third kappa shape index (κ3) is 5.43. The molecule has 0 amide bonds. The summed E-state index contributed by atoms with van der Waals surface area (Å²) in [7, 11) is 0. The fraction of sp³-hybridized carbons (Fsp3) is 0.250. The van der Waals surface area contributed by atoms with Crippen molar-refractivity contribution in [2.75, 3.05) is 6.61 Å². The van der Waals surface area contributed by atoms with E-state index in [0.717, 1.165) is 47.5 Å². The molecule has 0 aliphatic carbocycles. The lowest BCUT2D eigenvalue weighted by molar-refractivity contribution is 0.298. The number of hydrogen-bond donors (Lipinski definition) is 2. The van der Waals surface area contributed by atoms with Gasteiger partial charge < -0.3 is 19.7 Å². The molecule has 0 heterocycles. The molecule has 28 heavy (non-hydrogen) atoms. The molecule has 3 rings (SSSR count). The lowest BCUT2D eigenvalue weighted by Gasteiger charge is -2.13. The largest absolute Gasteiger partial charge is 0.508 e. The van der Waals surface area contributed by atoms with Crippen LogP contribution < -0.4 is 9.47 Å². The van der Waals surface area contributed by atoms with Crippen molar-refractivity contribution in [1.82, 2.24) is 0 Å². The van der Waals surface area contributed by atoms with Gasteiger partial charge in [0, 0.05) is 12.1 Å². The van der Waals surface area contributed by atoms with E-state index in [4.69, 9.17) is 9.47 Å². The Kier molecular flexibility index (Phi) is 6.79. The van der Waals surface area contributed by atoms with E-state index in [9.17, 15) is 10.2 Å². The second-order valence-corrected chi connectivity index (χ2v) is 6.64. The molecule has 0 spiro atoms. The Bertz CT molecular complexity index is 890. The molecular formula is C24H26O4. The zero-order valence-corrected chi connectivity index (χ0v) is 16.1. The number of phenolic OH excluding ortho intramolecular Hbond substituents is 2. The Labute approximate surface area is 166 Å². The molecule has 0 aromatic heterocycles. The van der Waals surface area contributed by atoms with E-state index >= 15 is 0 Å². The van der Waals surface area contributed by atoms with Crippen LogP contribution in [0.4, 0.5) is 0 Å². The zero-order chi connectivity index (χ0) is 19.8. The van der Waals surface area contributed by atoms with Crippen LogP contribution in [0.2, 0.25) is 0 Å². The molecule has 3 aromatic carbocycles. The molecule has 0 fully saturated rings. The second kappa shape index (κ2) is 9.70. The van der Waals surface area contributed by atoms with Gasteiger partial charge in [-0.1, -0.05) is 42.5 Å². The van der Waals surface area contributed by atoms with E-state index in [1.807, 2.05) is 55.5 Å². The first-order valence-electron chi connectivity index (χ1n) is 9.59. The van der Waals surface area contributed by atoms with Crippen molar-refractivity contribution in [2.45, 2.75) is 32.8 Å². The first-order valence-corrected chi connectivity index (χ1v) is 9.59. The van der Waals surface area contributed by atoms with Gasteiger partial charge in [-0.05, 0) is 55.0 Å². The molecule has 3 aromatic rings. The summed E-state index contributed by atoms with van der Waals surface area (Å²) in [5.74, 6) is 1.83. The fourth-order valence-corrected chi connectivity index (χ4v) is 3.09. The van der Waals surface area contributed by atoms with Crippen LogP contribution in [0.3, 0.4) is 0 Å². The highest BCUT2D eigenvalue weighted by molar-refractivity contribution is 5.42. The molecule has 0 bridgehead atoms. The predicted octanol–water partition coefficient (Wildman–Crippen LogP) is 5.25. The monoisotopic (exact) mass is 378 g/mol. The van der Waals surface area contributed by atoms with E-state index in [-0.39, 0.29) is 11.5 Å². The van der Waals surface area contributed by atoms with E-state index in [1.54, 1.807) is 12.1 Å². The minimum Gasteiger partial charge on any atom is -0.508 e. The Hall–Kier alpha value is -3.14. The molecule has 146 valence electrons. The quantitative estimate of drug-likeness (QED) is 0.534. The Morgan fingerprint density at radius 1 is 0.786 bits per heavy atom. The normalized spacial score (nSPS) is 10.6. The number of aryl methyl sites for hydroxylation is 2. The number of aromatic hydroxyl groups is 2. The first kappa shape index (κ1) is 19.6. The molecule has 2 N–H and O–H groups in total. The van der Waals surface area contributed by atoms with Gasteiger partial charge in [0.15, 0.2) is 0 Å². The molecule has 0 atom stereocenters. The van der Waals surface area contributed by atoms with Gasteiger partial charge in [-0.25, -0.2) is 0 Å². The highest BCUT2D eigenvalue weighted by Crippen LogP contribution is 2.28. The molecule has 0 aliphatic rings. The number of phenols is 2. The van der Waals surface area contributed by atoms with Crippen LogP contribution in [-0.2, 0) is 19.4 Å². The average Bonchev–Trinajstić information content (AvgIpc) is 2.70. The van der Waals surface area contributed by atoms with Crippen molar-refractivity contribution >= 4 is 0 Å². The fourth-order valence-electron chi connectivity index (χ4n) is 3.09. The van der Waals surface area contributed by atoms with Crippen LogP contribution in [0, 0.1) is 0 Å². The van der Waals surface area contributed by atoms with Gasteiger partial charge >= 0.3 is 0 Å². The highest BCUT2D eigenvalue weighted by Gasteiger charge is 2.08. The minimum atomic E-state index is 0.0750. The van der Waals surface area contributed by atoms with Gasteiger partial charge in [0.25, 0.3) is 0 Å². The van der Waals surface area contributed by atoms with Crippen molar-refractivity contribution in [1.29, 1.82) is 0 Å². The van der Waals surface area contributed by atoms with Crippen molar-refractivity contribution in [2.24, 2.45) is 0 Å².